The van der Waals surface area contributed by atoms with Gasteiger partial charge in [0, 0.05) is 11.1 Å². The molecule has 2 rings (SSSR count). The molecule has 1 atom stereocenters. The molecule has 0 spiro atoms. The normalized spacial score (nSPS) is 12.0. The molecule has 1 N–H and O–H groups in total. The van der Waals surface area contributed by atoms with Crippen molar-refractivity contribution >= 4 is 40.7 Å². The second-order valence-electron chi connectivity index (χ2n) is 5.04. The molecule has 4 nitrogen and oxygen atoms in total. The van der Waals surface area contributed by atoms with Gasteiger partial charge < -0.3 is 14.5 Å². The molecule has 1 amide bonds. The van der Waals surface area contributed by atoms with Crippen LogP contribution in [0.3, 0.4) is 0 Å². The van der Waals surface area contributed by atoms with Crippen LogP contribution in [-0.4, -0.2) is 11.9 Å². The minimum atomic E-state index is -0.256. The van der Waals surface area contributed by atoms with Gasteiger partial charge in [0.25, 0.3) is 5.91 Å². The third kappa shape index (κ3) is 4.80. The van der Waals surface area contributed by atoms with Gasteiger partial charge in [-0.15, -0.1) is 0 Å². The lowest BCUT2D eigenvalue weighted by molar-refractivity contribution is 0.0907. The van der Waals surface area contributed by atoms with Crippen LogP contribution in [-0.2, 0) is 6.61 Å². The SMILES string of the molecule is CCC(C)NC(=O)c1ccc(COc2c(Cl)cc(Cl)cc2Cl)o1. The fourth-order valence-electron chi connectivity index (χ4n) is 1.78. The summed E-state index contributed by atoms with van der Waals surface area (Å²) in [5.74, 6) is 0.784. The summed E-state index contributed by atoms with van der Waals surface area (Å²) in [5.41, 5.74) is 0. The van der Waals surface area contributed by atoms with E-state index in [9.17, 15) is 4.79 Å². The molecular formula is C16H16Cl3NO3. The molecule has 124 valence electrons. The van der Waals surface area contributed by atoms with Gasteiger partial charge in [0.2, 0.25) is 0 Å². The van der Waals surface area contributed by atoms with Gasteiger partial charge in [0.1, 0.15) is 12.4 Å². The number of ether oxygens (including phenoxy) is 1. The van der Waals surface area contributed by atoms with E-state index in [1.807, 2.05) is 13.8 Å². The van der Waals surface area contributed by atoms with Crippen LogP contribution in [0.15, 0.2) is 28.7 Å². The van der Waals surface area contributed by atoms with Crippen molar-refractivity contribution in [2.24, 2.45) is 0 Å². The predicted molar refractivity (Wildman–Crippen MR) is 91.7 cm³/mol. The van der Waals surface area contributed by atoms with E-state index in [0.29, 0.717) is 26.6 Å². The van der Waals surface area contributed by atoms with Crippen LogP contribution in [0, 0.1) is 0 Å². The number of furan rings is 1. The van der Waals surface area contributed by atoms with Crippen LogP contribution >= 0.6 is 34.8 Å². The number of benzene rings is 1. The number of hydrogen-bond acceptors (Lipinski definition) is 3. The van der Waals surface area contributed by atoms with Gasteiger partial charge >= 0.3 is 0 Å². The first-order valence-corrected chi connectivity index (χ1v) is 8.21. The van der Waals surface area contributed by atoms with Gasteiger partial charge in [-0.1, -0.05) is 41.7 Å². The molecule has 7 heteroatoms. The lowest BCUT2D eigenvalue weighted by atomic mass is 10.2. The average Bonchev–Trinajstić information content (AvgIpc) is 2.95. The number of rotatable bonds is 6. The monoisotopic (exact) mass is 375 g/mol. The minimum absolute atomic E-state index is 0.0824. The minimum Gasteiger partial charge on any atom is -0.483 e. The molecular weight excluding hydrogens is 361 g/mol. The van der Waals surface area contributed by atoms with Crippen molar-refractivity contribution in [3.8, 4) is 5.75 Å². The fourth-order valence-corrected chi connectivity index (χ4v) is 2.71. The van der Waals surface area contributed by atoms with Crippen LogP contribution in [0.4, 0.5) is 0 Å². The Morgan fingerprint density at radius 2 is 1.91 bits per heavy atom. The summed E-state index contributed by atoms with van der Waals surface area (Å²) in [7, 11) is 0. The number of carbonyl (C=O) groups excluding carboxylic acids is 1. The van der Waals surface area contributed by atoms with Crippen molar-refractivity contribution in [2.45, 2.75) is 32.9 Å². The van der Waals surface area contributed by atoms with Crippen LogP contribution in [0.25, 0.3) is 0 Å². The first-order chi connectivity index (χ1) is 10.9. The van der Waals surface area contributed by atoms with E-state index < -0.39 is 0 Å². The highest BCUT2D eigenvalue weighted by molar-refractivity contribution is 6.40. The molecule has 23 heavy (non-hydrogen) atoms. The Morgan fingerprint density at radius 1 is 1.26 bits per heavy atom. The Labute approximate surface area is 149 Å². The zero-order valence-corrected chi connectivity index (χ0v) is 14.9. The van der Waals surface area contributed by atoms with E-state index in [-0.39, 0.29) is 24.3 Å². The molecule has 0 radical (unpaired) electrons. The zero-order chi connectivity index (χ0) is 17.0. The molecule has 0 aliphatic heterocycles. The third-order valence-corrected chi connectivity index (χ3v) is 3.98. The molecule has 0 fully saturated rings. The molecule has 1 aromatic heterocycles. The lowest BCUT2D eigenvalue weighted by Crippen LogP contribution is -2.31. The third-order valence-electron chi connectivity index (χ3n) is 3.20. The van der Waals surface area contributed by atoms with Crippen molar-refractivity contribution in [2.75, 3.05) is 0 Å². The molecule has 1 unspecified atom stereocenters. The quantitative estimate of drug-likeness (QED) is 0.739. The lowest BCUT2D eigenvalue weighted by Gasteiger charge is -2.10. The average molecular weight is 377 g/mol. The topological polar surface area (TPSA) is 51.5 Å². The van der Waals surface area contributed by atoms with Gasteiger partial charge in [-0.25, -0.2) is 0 Å². The van der Waals surface area contributed by atoms with Crippen molar-refractivity contribution in [1.82, 2.24) is 5.32 Å². The number of amides is 1. The van der Waals surface area contributed by atoms with Crippen molar-refractivity contribution in [3.05, 3.63) is 50.9 Å². The zero-order valence-electron chi connectivity index (χ0n) is 12.7. The maximum atomic E-state index is 11.9. The van der Waals surface area contributed by atoms with E-state index in [2.05, 4.69) is 5.32 Å². The Bertz CT molecular complexity index is 677. The summed E-state index contributed by atoms with van der Waals surface area (Å²) in [6.07, 6.45) is 0.843. The van der Waals surface area contributed by atoms with Crippen LogP contribution in [0.2, 0.25) is 15.1 Å². The number of nitrogens with one attached hydrogen (secondary N) is 1. The Kier molecular flexibility index (Phi) is 6.22. The maximum Gasteiger partial charge on any atom is 0.287 e. The van der Waals surface area contributed by atoms with Crippen LogP contribution in [0.1, 0.15) is 36.6 Å². The molecule has 0 aliphatic carbocycles. The van der Waals surface area contributed by atoms with Gasteiger partial charge in [-0.05, 0) is 37.6 Å². The smallest absolute Gasteiger partial charge is 0.287 e. The second-order valence-corrected chi connectivity index (χ2v) is 6.29. The Hall–Kier alpha value is -1.36. The molecule has 0 saturated heterocycles. The van der Waals surface area contributed by atoms with E-state index in [4.69, 9.17) is 44.0 Å². The summed E-state index contributed by atoms with van der Waals surface area (Å²) >= 11 is 17.9. The molecule has 1 heterocycles. The molecule has 2 aromatic rings. The number of hydrogen-bond donors (Lipinski definition) is 1. The van der Waals surface area contributed by atoms with E-state index in [1.54, 1.807) is 12.1 Å². The molecule has 0 aliphatic rings. The van der Waals surface area contributed by atoms with Crippen LogP contribution in [0.5, 0.6) is 5.75 Å². The number of halogens is 3. The molecule has 1 aromatic carbocycles. The summed E-state index contributed by atoms with van der Waals surface area (Å²) in [4.78, 5) is 11.9. The maximum absolute atomic E-state index is 11.9. The summed E-state index contributed by atoms with van der Waals surface area (Å²) in [6.45, 7) is 4.01. The predicted octanol–water partition coefficient (Wildman–Crippen LogP) is 5.35. The first-order valence-electron chi connectivity index (χ1n) is 7.07. The van der Waals surface area contributed by atoms with Crippen LogP contribution < -0.4 is 10.1 Å². The molecule has 0 bridgehead atoms. The standard InChI is InChI=1S/C16H16Cl3NO3/c1-3-9(2)20-16(21)14-5-4-11(23-14)8-22-15-12(18)6-10(17)7-13(15)19/h4-7,9H,3,8H2,1-2H3,(H,20,21). The van der Waals surface area contributed by atoms with Crippen molar-refractivity contribution < 1.29 is 13.9 Å². The van der Waals surface area contributed by atoms with Gasteiger partial charge in [0.15, 0.2) is 11.5 Å². The van der Waals surface area contributed by atoms with E-state index >= 15 is 0 Å². The first kappa shape index (κ1) is 18.0. The highest BCUT2D eigenvalue weighted by Gasteiger charge is 2.14. The number of carbonyl (C=O) groups is 1. The Balaban J connectivity index is 2.02. The summed E-state index contributed by atoms with van der Waals surface area (Å²) in [6, 6.07) is 6.43. The summed E-state index contributed by atoms with van der Waals surface area (Å²) < 4.78 is 11.0. The van der Waals surface area contributed by atoms with E-state index in [1.165, 1.54) is 12.1 Å². The summed E-state index contributed by atoms with van der Waals surface area (Å²) in [5, 5.41) is 3.87. The van der Waals surface area contributed by atoms with Gasteiger partial charge in [-0.2, -0.15) is 0 Å². The van der Waals surface area contributed by atoms with Crippen molar-refractivity contribution in [3.63, 3.8) is 0 Å². The molecule has 0 saturated carbocycles. The fraction of sp³-hybridized carbons (Fsp3) is 0.312. The van der Waals surface area contributed by atoms with Gasteiger partial charge in [0.05, 0.1) is 10.0 Å². The highest BCUT2D eigenvalue weighted by atomic mass is 35.5. The highest BCUT2D eigenvalue weighted by Crippen LogP contribution is 2.36. The van der Waals surface area contributed by atoms with Gasteiger partial charge in [-0.3, -0.25) is 4.79 Å². The van der Waals surface area contributed by atoms with Crippen molar-refractivity contribution in [1.29, 1.82) is 0 Å². The second kappa shape index (κ2) is 7.95. The Morgan fingerprint density at radius 3 is 2.52 bits per heavy atom. The van der Waals surface area contributed by atoms with E-state index in [0.717, 1.165) is 6.42 Å². The largest absolute Gasteiger partial charge is 0.483 e.